The molecule has 0 unspecified atom stereocenters. The molecule has 3 nitrogen and oxygen atoms in total. The van der Waals surface area contributed by atoms with Crippen LogP contribution in [0.2, 0.25) is 0 Å². The van der Waals surface area contributed by atoms with Crippen LogP contribution in [0.1, 0.15) is 31.9 Å². The zero-order valence-electron chi connectivity index (χ0n) is 11.8. The average Bonchev–Trinajstić information content (AvgIpc) is 3.21. The number of allylic oxidation sites excluding steroid dienone is 5. The molecule has 1 aromatic heterocycles. The first kappa shape index (κ1) is 14.8. The molecular weight excluding hydrogens is 272 g/mol. The lowest BCUT2D eigenvalue weighted by atomic mass is 10.1. The van der Waals surface area contributed by atoms with Gasteiger partial charge in [-0.05, 0) is 50.7 Å². The van der Waals surface area contributed by atoms with Crippen LogP contribution in [0.5, 0.6) is 5.88 Å². The third-order valence-electron chi connectivity index (χ3n) is 3.00. The minimum Gasteiger partial charge on any atom is -0.445 e. The maximum atomic E-state index is 6.19. The lowest BCUT2D eigenvalue weighted by Crippen LogP contribution is -1.90. The van der Waals surface area contributed by atoms with Crippen LogP contribution in [0.4, 0.5) is 0 Å². The monoisotopic (exact) mass is 290 g/mol. The largest absolute Gasteiger partial charge is 0.445 e. The van der Waals surface area contributed by atoms with Crippen LogP contribution >= 0.6 is 11.6 Å². The predicted octanol–water partition coefficient (Wildman–Crippen LogP) is 4.55. The van der Waals surface area contributed by atoms with E-state index in [1.165, 1.54) is 31.0 Å². The van der Waals surface area contributed by atoms with Gasteiger partial charge in [0.15, 0.2) is 0 Å². The van der Waals surface area contributed by atoms with Gasteiger partial charge in [-0.15, -0.1) is 0 Å². The van der Waals surface area contributed by atoms with Crippen LogP contribution in [-0.2, 0) is 0 Å². The number of hydrogen-bond donors (Lipinski definition) is 0. The molecular formula is C16H19ClN2O. The Hall–Kier alpha value is -1.61. The third kappa shape index (κ3) is 5.17. The number of ether oxygens (including phenoxy) is 1. The van der Waals surface area contributed by atoms with Gasteiger partial charge in [0.25, 0.3) is 0 Å². The summed E-state index contributed by atoms with van der Waals surface area (Å²) in [7, 11) is 0. The van der Waals surface area contributed by atoms with Crippen molar-refractivity contribution in [1.82, 2.24) is 9.97 Å². The van der Waals surface area contributed by atoms with E-state index in [-0.39, 0.29) is 0 Å². The first-order chi connectivity index (χ1) is 9.67. The SMILES string of the molecule is CC=CC(=CC(Cl)=COc1cc(C)ncn1)CC1CC1. The smallest absolute Gasteiger partial charge is 0.221 e. The fraction of sp³-hybridized carbons (Fsp3) is 0.375. The minimum atomic E-state index is 0.499. The van der Waals surface area contributed by atoms with E-state index in [0.717, 1.165) is 18.0 Å². The summed E-state index contributed by atoms with van der Waals surface area (Å²) in [6, 6.07) is 1.77. The number of nitrogens with zero attached hydrogens (tertiary/aromatic N) is 2. The highest BCUT2D eigenvalue weighted by molar-refractivity contribution is 6.31. The molecule has 0 aromatic carbocycles. The van der Waals surface area contributed by atoms with Gasteiger partial charge in [0.05, 0.1) is 5.03 Å². The van der Waals surface area contributed by atoms with Crippen LogP contribution in [-0.4, -0.2) is 9.97 Å². The second kappa shape index (κ2) is 7.25. The van der Waals surface area contributed by atoms with Crippen LogP contribution in [0, 0.1) is 12.8 Å². The quantitative estimate of drug-likeness (QED) is 0.569. The summed E-state index contributed by atoms with van der Waals surface area (Å²) < 4.78 is 5.43. The Bertz CT molecular complexity index is 545. The topological polar surface area (TPSA) is 35.0 Å². The Morgan fingerprint density at radius 1 is 1.45 bits per heavy atom. The van der Waals surface area contributed by atoms with Crippen LogP contribution < -0.4 is 4.74 Å². The molecule has 1 fully saturated rings. The number of halogens is 1. The molecule has 1 aromatic rings. The average molecular weight is 291 g/mol. The maximum Gasteiger partial charge on any atom is 0.221 e. The summed E-state index contributed by atoms with van der Waals surface area (Å²) in [6.07, 6.45) is 12.8. The first-order valence-electron chi connectivity index (χ1n) is 6.81. The van der Waals surface area contributed by atoms with Crippen molar-refractivity contribution in [2.45, 2.75) is 33.1 Å². The zero-order chi connectivity index (χ0) is 14.4. The van der Waals surface area contributed by atoms with Crippen molar-refractivity contribution in [2.75, 3.05) is 0 Å². The standard InChI is InChI=1S/C16H19ClN2O/c1-3-4-14(8-13-5-6-13)9-15(17)10-20-16-7-12(2)18-11-19-16/h3-4,7,9-11,13H,5-6,8H2,1-2H3. The third-order valence-corrected chi connectivity index (χ3v) is 3.19. The Labute approximate surface area is 125 Å². The van der Waals surface area contributed by atoms with Crippen molar-refractivity contribution < 1.29 is 4.74 Å². The number of aryl methyl sites for hydroxylation is 1. The van der Waals surface area contributed by atoms with Crippen molar-refractivity contribution in [2.24, 2.45) is 5.92 Å². The fourth-order valence-electron chi connectivity index (χ4n) is 1.87. The summed E-state index contributed by atoms with van der Waals surface area (Å²) in [6.45, 7) is 3.90. The molecule has 106 valence electrons. The molecule has 0 N–H and O–H groups in total. The highest BCUT2D eigenvalue weighted by Crippen LogP contribution is 2.35. The number of aromatic nitrogens is 2. The summed E-state index contributed by atoms with van der Waals surface area (Å²) in [5.41, 5.74) is 2.09. The fourth-order valence-corrected chi connectivity index (χ4v) is 2.05. The van der Waals surface area contributed by atoms with E-state index in [4.69, 9.17) is 16.3 Å². The van der Waals surface area contributed by atoms with Gasteiger partial charge in [-0.2, -0.15) is 0 Å². The van der Waals surface area contributed by atoms with Gasteiger partial charge in [0.1, 0.15) is 12.6 Å². The van der Waals surface area contributed by atoms with Gasteiger partial charge >= 0.3 is 0 Å². The molecule has 1 aliphatic rings. The summed E-state index contributed by atoms with van der Waals surface area (Å²) in [5, 5.41) is 0.565. The molecule has 2 rings (SSSR count). The number of rotatable bonds is 6. The molecule has 20 heavy (non-hydrogen) atoms. The van der Waals surface area contributed by atoms with Crippen LogP contribution in [0.3, 0.4) is 0 Å². The lowest BCUT2D eigenvalue weighted by Gasteiger charge is -2.02. The molecule has 4 heteroatoms. The highest BCUT2D eigenvalue weighted by atomic mass is 35.5. The summed E-state index contributed by atoms with van der Waals surface area (Å²) >= 11 is 6.19. The van der Waals surface area contributed by atoms with Crippen molar-refractivity contribution in [1.29, 1.82) is 0 Å². The number of hydrogen-bond acceptors (Lipinski definition) is 3. The Kier molecular flexibility index (Phi) is 5.36. The minimum absolute atomic E-state index is 0.499. The molecule has 1 heterocycles. The molecule has 0 aliphatic heterocycles. The maximum absolute atomic E-state index is 6.19. The zero-order valence-corrected chi connectivity index (χ0v) is 12.6. The molecule has 0 atom stereocenters. The van der Waals surface area contributed by atoms with E-state index in [1.54, 1.807) is 6.07 Å². The van der Waals surface area contributed by atoms with E-state index >= 15 is 0 Å². The Morgan fingerprint density at radius 3 is 2.90 bits per heavy atom. The first-order valence-corrected chi connectivity index (χ1v) is 7.19. The Balaban J connectivity index is 2.00. The molecule has 0 saturated heterocycles. The van der Waals surface area contributed by atoms with Gasteiger partial charge in [0.2, 0.25) is 5.88 Å². The van der Waals surface area contributed by atoms with Gasteiger partial charge in [0, 0.05) is 11.8 Å². The van der Waals surface area contributed by atoms with Crippen LogP contribution in [0.15, 0.2) is 47.5 Å². The molecule has 1 aliphatic carbocycles. The highest BCUT2D eigenvalue weighted by Gasteiger charge is 2.21. The Morgan fingerprint density at radius 2 is 2.25 bits per heavy atom. The lowest BCUT2D eigenvalue weighted by molar-refractivity contribution is 0.458. The van der Waals surface area contributed by atoms with E-state index in [2.05, 4.69) is 16.0 Å². The predicted molar refractivity (Wildman–Crippen MR) is 81.6 cm³/mol. The summed E-state index contributed by atoms with van der Waals surface area (Å²) in [5.74, 6) is 1.33. The van der Waals surface area contributed by atoms with E-state index in [1.807, 2.05) is 26.0 Å². The second-order valence-electron chi connectivity index (χ2n) is 4.98. The van der Waals surface area contributed by atoms with E-state index < -0.39 is 0 Å². The van der Waals surface area contributed by atoms with Crippen molar-refractivity contribution in [3.8, 4) is 5.88 Å². The van der Waals surface area contributed by atoms with Crippen molar-refractivity contribution in [3.05, 3.63) is 53.2 Å². The van der Waals surface area contributed by atoms with Gasteiger partial charge in [-0.25, -0.2) is 9.97 Å². The molecule has 0 spiro atoms. The van der Waals surface area contributed by atoms with Crippen molar-refractivity contribution in [3.63, 3.8) is 0 Å². The van der Waals surface area contributed by atoms with Gasteiger partial charge in [-0.3, -0.25) is 0 Å². The van der Waals surface area contributed by atoms with Crippen molar-refractivity contribution >= 4 is 11.6 Å². The van der Waals surface area contributed by atoms with Gasteiger partial charge < -0.3 is 4.74 Å². The van der Waals surface area contributed by atoms with E-state index in [9.17, 15) is 0 Å². The van der Waals surface area contributed by atoms with Crippen LogP contribution in [0.25, 0.3) is 0 Å². The molecule has 0 radical (unpaired) electrons. The van der Waals surface area contributed by atoms with E-state index in [0.29, 0.717) is 10.9 Å². The second-order valence-corrected chi connectivity index (χ2v) is 5.42. The molecule has 0 bridgehead atoms. The van der Waals surface area contributed by atoms with Gasteiger partial charge in [-0.1, -0.05) is 23.8 Å². The molecule has 1 saturated carbocycles. The normalized spacial score (nSPS) is 16.8. The summed E-state index contributed by atoms with van der Waals surface area (Å²) in [4.78, 5) is 8.03. The molecule has 0 amide bonds.